The summed E-state index contributed by atoms with van der Waals surface area (Å²) in [6.07, 6.45) is 1.44. The van der Waals surface area contributed by atoms with Gasteiger partial charge in [-0.25, -0.2) is 0 Å². The van der Waals surface area contributed by atoms with E-state index in [1.54, 1.807) is 0 Å². The summed E-state index contributed by atoms with van der Waals surface area (Å²) in [5.41, 5.74) is -0.143. The van der Waals surface area contributed by atoms with Gasteiger partial charge in [-0.05, 0) is 17.7 Å². The summed E-state index contributed by atoms with van der Waals surface area (Å²) in [4.78, 5) is 22.0. The van der Waals surface area contributed by atoms with Gasteiger partial charge in [0.1, 0.15) is 4.32 Å². The lowest BCUT2D eigenvalue weighted by atomic mass is 10.1. The lowest BCUT2D eigenvalue weighted by molar-refractivity contribution is -0.386. The molecule has 0 atom stereocenters. The zero-order chi connectivity index (χ0) is 14.9. The zero-order valence-electron chi connectivity index (χ0n) is 10.1. The molecule has 1 fully saturated rings. The van der Waals surface area contributed by atoms with Crippen LogP contribution in [0.2, 0.25) is 0 Å². The van der Waals surface area contributed by atoms with E-state index in [0.717, 1.165) is 17.8 Å². The Hall–Kier alpha value is -2.13. The molecule has 20 heavy (non-hydrogen) atoms. The third-order valence-electron chi connectivity index (χ3n) is 2.43. The van der Waals surface area contributed by atoms with E-state index < -0.39 is 16.4 Å². The first-order valence-corrected chi connectivity index (χ1v) is 6.45. The van der Waals surface area contributed by atoms with Gasteiger partial charge < -0.3 is 15.2 Å². The lowest BCUT2D eigenvalue weighted by Crippen LogP contribution is -2.17. The largest absolute Gasteiger partial charge is 0.500 e. The fourth-order valence-corrected chi connectivity index (χ4v) is 2.61. The van der Waals surface area contributed by atoms with Gasteiger partial charge in [0.15, 0.2) is 5.75 Å². The first kappa shape index (κ1) is 14.3. The van der Waals surface area contributed by atoms with Gasteiger partial charge in [-0.1, -0.05) is 24.0 Å². The summed E-state index contributed by atoms with van der Waals surface area (Å²) in [7, 11) is 1.28. The molecule has 1 saturated heterocycles. The average molecular weight is 312 g/mol. The number of aromatic hydroxyl groups is 1. The summed E-state index contributed by atoms with van der Waals surface area (Å²) >= 11 is 5.90. The average Bonchev–Trinajstić information content (AvgIpc) is 2.69. The number of thioether (sulfide) groups is 1. The lowest BCUT2D eigenvalue weighted by Gasteiger charge is -2.05. The maximum absolute atomic E-state index is 11.5. The Morgan fingerprint density at radius 3 is 2.75 bits per heavy atom. The van der Waals surface area contributed by atoms with Crippen LogP contribution in [-0.2, 0) is 4.79 Å². The fourth-order valence-electron chi connectivity index (χ4n) is 1.56. The number of thiocarbonyl (C=S) groups is 1. The number of carbonyl (C=O) groups excluding carboxylic acids is 1. The Bertz CT molecular complexity index is 656. The van der Waals surface area contributed by atoms with Crippen molar-refractivity contribution in [3.63, 3.8) is 0 Å². The van der Waals surface area contributed by atoms with E-state index in [2.05, 4.69) is 5.32 Å². The van der Waals surface area contributed by atoms with E-state index in [1.165, 1.54) is 19.3 Å². The number of nitro groups is 1. The number of nitrogens with one attached hydrogen (secondary N) is 1. The smallest absolute Gasteiger partial charge is 0.315 e. The molecule has 0 aromatic heterocycles. The molecular formula is C11H8N2O5S2. The summed E-state index contributed by atoms with van der Waals surface area (Å²) in [5, 5.41) is 22.9. The number of rotatable bonds is 3. The predicted octanol–water partition coefficient (Wildman–Crippen LogP) is 1.80. The standard InChI is InChI=1S/C11H8N2O5S2/c1-18-7-3-5(2-6(9(7)14)13(16)17)4-8-10(15)12-11(19)20-8/h2-4,14H,1H3,(H,12,15,19)/b8-4-. The summed E-state index contributed by atoms with van der Waals surface area (Å²) in [6, 6.07) is 2.55. The molecular weight excluding hydrogens is 304 g/mol. The van der Waals surface area contributed by atoms with Crippen molar-refractivity contribution in [3.05, 3.63) is 32.7 Å². The van der Waals surface area contributed by atoms with Crippen LogP contribution in [0.4, 0.5) is 5.69 Å². The second-order valence-corrected chi connectivity index (χ2v) is 5.42. The van der Waals surface area contributed by atoms with E-state index in [-0.39, 0.29) is 11.7 Å². The van der Waals surface area contributed by atoms with Crippen LogP contribution in [0.25, 0.3) is 6.08 Å². The third kappa shape index (κ3) is 2.73. The van der Waals surface area contributed by atoms with Gasteiger partial charge in [0.05, 0.1) is 16.9 Å². The Labute approximate surface area is 122 Å². The number of phenols is 1. The van der Waals surface area contributed by atoms with Crippen molar-refractivity contribution < 1.29 is 19.6 Å². The van der Waals surface area contributed by atoms with Crippen LogP contribution in [0.3, 0.4) is 0 Å². The normalized spacial score (nSPS) is 16.4. The number of methoxy groups -OCH3 is 1. The molecule has 1 heterocycles. The molecule has 0 bridgehead atoms. The molecule has 2 N–H and O–H groups in total. The first-order valence-electron chi connectivity index (χ1n) is 5.22. The number of nitro benzene ring substituents is 1. The second-order valence-electron chi connectivity index (χ2n) is 3.70. The predicted molar refractivity (Wildman–Crippen MR) is 77.6 cm³/mol. The molecule has 0 spiro atoms. The van der Waals surface area contributed by atoms with E-state index >= 15 is 0 Å². The number of ether oxygens (including phenoxy) is 1. The minimum absolute atomic E-state index is 0.0444. The molecule has 1 aliphatic heterocycles. The third-order valence-corrected chi connectivity index (χ3v) is 3.60. The van der Waals surface area contributed by atoms with Crippen LogP contribution >= 0.6 is 24.0 Å². The van der Waals surface area contributed by atoms with Crippen molar-refractivity contribution in [1.29, 1.82) is 0 Å². The van der Waals surface area contributed by atoms with Crippen LogP contribution in [0.1, 0.15) is 5.56 Å². The second kappa shape index (κ2) is 5.47. The van der Waals surface area contributed by atoms with Crippen molar-refractivity contribution in [3.8, 4) is 11.5 Å². The zero-order valence-corrected chi connectivity index (χ0v) is 11.7. The fraction of sp³-hybridized carbons (Fsp3) is 0.0909. The number of hydrogen-bond acceptors (Lipinski definition) is 7. The Balaban J connectivity index is 2.50. The number of amides is 1. The van der Waals surface area contributed by atoms with Crippen molar-refractivity contribution in [2.24, 2.45) is 0 Å². The van der Waals surface area contributed by atoms with Gasteiger partial charge >= 0.3 is 5.69 Å². The van der Waals surface area contributed by atoms with Crippen molar-refractivity contribution in [1.82, 2.24) is 5.32 Å². The number of hydrogen-bond donors (Lipinski definition) is 2. The van der Waals surface area contributed by atoms with Gasteiger partial charge in [-0.2, -0.15) is 0 Å². The number of benzene rings is 1. The summed E-state index contributed by atoms with van der Waals surface area (Å²) < 4.78 is 5.19. The number of phenolic OH excluding ortho intramolecular Hbond substituents is 1. The van der Waals surface area contributed by atoms with E-state index in [9.17, 15) is 20.0 Å². The molecule has 9 heteroatoms. The molecule has 0 radical (unpaired) electrons. The molecule has 0 saturated carbocycles. The maximum atomic E-state index is 11.5. The van der Waals surface area contributed by atoms with E-state index in [0.29, 0.717) is 14.8 Å². The quantitative estimate of drug-likeness (QED) is 0.380. The van der Waals surface area contributed by atoms with Gasteiger partial charge in [0, 0.05) is 6.07 Å². The Kier molecular flexibility index (Phi) is 3.91. The molecule has 1 aliphatic rings. The number of carbonyl (C=O) groups is 1. The highest BCUT2D eigenvalue weighted by Crippen LogP contribution is 2.38. The highest BCUT2D eigenvalue weighted by molar-refractivity contribution is 8.26. The van der Waals surface area contributed by atoms with Crippen LogP contribution in [0.15, 0.2) is 17.0 Å². The van der Waals surface area contributed by atoms with E-state index in [4.69, 9.17) is 17.0 Å². The van der Waals surface area contributed by atoms with Crippen molar-refractivity contribution >= 4 is 46.0 Å². The van der Waals surface area contributed by atoms with Crippen molar-refractivity contribution in [2.75, 3.05) is 7.11 Å². The summed E-state index contributed by atoms with van der Waals surface area (Å²) in [5.74, 6) is -0.967. The van der Waals surface area contributed by atoms with Gasteiger partial charge in [-0.3, -0.25) is 14.9 Å². The maximum Gasteiger partial charge on any atom is 0.315 e. The molecule has 104 valence electrons. The van der Waals surface area contributed by atoms with Gasteiger partial charge in [0.2, 0.25) is 5.75 Å². The van der Waals surface area contributed by atoms with Crippen LogP contribution in [-0.4, -0.2) is 27.4 Å². The molecule has 2 rings (SSSR count). The van der Waals surface area contributed by atoms with Crippen LogP contribution in [0.5, 0.6) is 11.5 Å². The first-order chi connectivity index (χ1) is 9.42. The Morgan fingerprint density at radius 2 is 2.25 bits per heavy atom. The highest BCUT2D eigenvalue weighted by atomic mass is 32.2. The number of nitrogens with zero attached hydrogens (tertiary/aromatic N) is 1. The minimum Gasteiger partial charge on any atom is -0.500 e. The highest BCUT2D eigenvalue weighted by Gasteiger charge is 2.24. The molecule has 7 nitrogen and oxygen atoms in total. The Morgan fingerprint density at radius 1 is 1.55 bits per heavy atom. The van der Waals surface area contributed by atoms with Gasteiger partial charge in [-0.15, -0.1) is 0 Å². The summed E-state index contributed by atoms with van der Waals surface area (Å²) in [6.45, 7) is 0. The van der Waals surface area contributed by atoms with Crippen LogP contribution in [0, 0.1) is 10.1 Å². The van der Waals surface area contributed by atoms with E-state index in [1.807, 2.05) is 0 Å². The monoisotopic (exact) mass is 312 g/mol. The topological polar surface area (TPSA) is 102 Å². The molecule has 1 aromatic rings. The molecule has 0 aliphatic carbocycles. The van der Waals surface area contributed by atoms with Crippen LogP contribution < -0.4 is 10.1 Å². The van der Waals surface area contributed by atoms with Crippen molar-refractivity contribution in [2.45, 2.75) is 0 Å². The SMILES string of the molecule is COc1cc(/C=C2\SC(=S)NC2=O)cc([N+](=O)[O-])c1O. The minimum atomic E-state index is -0.730. The molecule has 1 aromatic carbocycles. The molecule has 0 unspecified atom stereocenters. The molecule has 1 amide bonds. The van der Waals surface area contributed by atoms with Gasteiger partial charge in [0.25, 0.3) is 5.91 Å².